The predicted octanol–water partition coefficient (Wildman–Crippen LogP) is 1.88. The number of methoxy groups -OCH3 is 1. The maximum Gasteiger partial charge on any atom is 0.243 e. The first-order valence-corrected chi connectivity index (χ1v) is 19.9. The lowest BCUT2D eigenvalue weighted by Gasteiger charge is -2.32. The van der Waals surface area contributed by atoms with Crippen LogP contribution in [0, 0.1) is 18.8 Å². The highest BCUT2D eigenvalue weighted by Crippen LogP contribution is 2.20. The number of H-pyrrole nitrogens is 1. The van der Waals surface area contributed by atoms with Crippen molar-refractivity contribution in [2.45, 2.75) is 97.4 Å². The summed E-state index contributed by atoms with van der Waals surface area (Å²) < 4.78 is 10.1. The molecule has 1 fully saturated rings. The predicted molar refractivity (Wildman–Crippen MR) is 218 cm³/mol. The van der Waals surface area contributed by atoms with Gasteiger partial charge < -0.3 is 41.2 Å². The van der Waals surface area contributed by atoms with Gasteiger partial charge in [0.05, 0.1) is 20.1 Å². The molecule has 0 unspecified atom stereocenters. The number of hydrogen-bond acceptors (Lipinski definition) is 10. The summed E-state index contributed by atoms with van der Waals surface area (Å²) in [6, 6.07) is 9.35. The molecule has 17 nitrogen and oxygen atoms in total. The van der Waals surface area contributed by atoms with Crippen LogP contribution in [0.1, 0.15) is 63.6 Å². The van der Waals surface area contributed by atoms with E-state index in [1.807, 2.05) is 52.0 Å². The van der Waals surface area contributed by atoms with E-state index < -0.39 is 72.2 Å². The summed E-state index contributed by atoms with van der Waals surface area (Å²) in [6.07, 6.45) is 1.83. The molecule has 0 saturated carbocycles. The molecule has 1 aliphatic rings. The van der Waals surface area contributed by atoms with Crippen LogP contribution in [0.4, 0.5) is 0 Å². The second kappa shape index (κ2) is 19.9. The number of amides is 6. The molecule has 0 radical (unpaired) electrons. The first kappa shape index (κ1) is 43.9. The lowest BCUT2D eigenvalue weighted by molar-refractivity contribution is -0.138. The quantitative estimate of drug-likeness (QED) is 0.136. The number of aromatic nitrogens is 3. The van der Waals surface area contributed by atoms with Crippen molar-refractivity contribution in [3.8, 4) is 5.75 Å². The average Bonchev–Trinajstić information content (AvgIpc) is 3.80. The molecule has 316 valence electrons. The van der Waals surface area contributed by atoms with Crippen molar-refractivity contribution in [1.82, 2.24) is 46.8 Å². The molecule has 0 spiro atoms. The van der Waals surface area contributed by atoms with Crippen molar-refractivity contribution in [1.29, 1.82) is 0 Å². The zero-order valence-electron chi connectivity index (χ0n) is 34.6. The van der Waals surface area contributed by atoms with E-state index in [9.17, 15) is 28.8 Å². The van der Waals surface area contributed by atoms with Gasteiger partial charge in [0.25, 0.3) is 0 Å². The van der Waals surface area contributed by atoms with Gasteiger partial charge in [-0.2, -0.15) is 0 Å². The Morgan fingerprint density at radius 3 is 2.15 bits per heavy atom. The van der Waals surface area contributed by atoms with Crippen LogP contribution in [0.25, 0.3) is 10.9 Å². The van der Waals surface area contributed by atoms with E-state index in [1.54, 1.807) is 37.4 Å². The van der Waals surface area contributed by atoms with Gasteiger partial charge in [0.1, 0.15) is 41.3 Å². The van der Waals surface area contributed by atoms with E-state index in [-0.39, 0.29) is 49.8 Å². The Labute approximate surface area is 343 Å². The van der Waals surface area contributed by atoms with Gasteiger partial charge in [-0.05, 0) is 61.4 Å². The number of aryl methyl sites for hydroxylation is 1. The highest BCUT2D eigenvalue weighted by Gasteiger charge is 2.34. The Morgan fingerprint density at radius 2 is 1.49 bits per heavy atom. The summed E-state index contributed by atoms with van der Waals surface area (Å²) in [5.74, 6) is -3.25. The molecule has 4 aromatic rings. The van der Waals surface area contributed by atoms with Gasteiger partial charge in [-0.1, -0.05) is 68.3 Å². The SMILES string of the molecule is COc1ccc(C[C@@H]2NC(=O)[C@H](CC(C)C)NC(=O)[C@@H](Cc3c[nH]c4ccccc34)NC(=O)CN(C(=O)Cc3nonc3C)C[C@H](C(C)C)NC(=O)[C@@H](C)NC2=O)cc1. The second-order valence-corrected chi connectivity index (χ2v) is 15.8. The Bertz CT molecular complexity index is 2110. The standard InChI is InChI=1S/C42H55N9O8/c1-23(2)16-33-41(56)47-34(17-27-12-14-29(58-7)15-13-27)40(55)44-26(6)39(54)48-36(24(3)4)21-51(38(53)19-32-25(5)49-59-50-32)22-37(52)45-35(42(57)46-33)18-28-20-43-31-11-9-8-10-30(28)31/h8-15,20,23-24,26,33-36,43H,16-19,21-22H2,1-7H3,(H,44,55)(H,45,52)(H,46,57)(H,47,56)(H,48,54)/t26-,33+,34+,35-,36-/m1/s1. The fourth-order valence-corrected chi connectivity index (χ4v) is 6.86. The van der Waals surface area contributed by atoms with Crippen LogP contribution in [0.5, 0.6) is 5.75 Å². The highest BCUT2D eigenvalue weighted by atomic mass is 16.6. The fourth-order valence-electron chi connectivity index (χ4n) is 6.86. The van der Waals surface area contributed by atoms with E-state index in [1.165, 1.54) is 18.9 Å². The molecule has 2 aromatic heterocycles. The van der Waals surface area contributed by atoms with E-state index >= 15 is 0 Å². The number of ether oxygens (including phenoxy) is 1. The summed E-state index contributed by atoms with van der Waals surface area (Å²) in [7, 11) is 1.54. The molecule has 5 rings (SSSR count). The third-order valence-corrected chi connectivity index (χ3v) is 10.4. The van der Waals surface area contributed by atoms with Crippen molar-refractivity contribution in [3.05, 3.63) is 77.2 Å². The normalized spacial score (nSPS) is 21.6. The number of hydrogen-bond donors (Lipinski definition) is 6. The number of aromatic amines is 1. The minimum absolute atomic E-state index is 0.0421. The lowest BCUT2D eigenvalue weighted by Crippen LogP contribution is -2.60. The number of para-hydroxylation sites is 1. The Hall–Kier alpha value is -6.26. The van der Waals surface area contributed by atoms with Crippen LogP contribution in [-0.4, -0.2) is 106 Å². The second-order valence-electron chi connectivity index (χ2n) is 15.8. The summed E-state index contributed by atoms with van der Waals surface area (Å²) in [5, 5.41) is 22.7. The summed E-state index contributed by atoms with van der Waals surface area (Å²) in [5.41, 5.74) is 2.97. The van der Waals surface area contributed by atoms with Gasteiger partial charge in [-0.15, -0.1) is 0 Å². The highest BCUT2D eigenvalue weighted by molar-refractivity contribution is 5.96. The molecule has 6 N–H and O–H groups in total. The number of rotatable bonds is 10. The summed E-state index contributed by atoms with van der Waals surface area (Å²) >= 11 is 0. The molecule has 5 atom stereocenters. The molecule has 0 aliphatic carbocycles. The lowest BCUT2D eigenvalue weighted by atomic mass is 9.99. The number of carbonyl (C=O) groups is 6. The van der Waals surface area contributed by atoms with E-state index in [0.717, 1.165) is 16.5 Å². The van der Waals surface area contributed by atoms with Crippen molar-refractivity contribution in [2.24, 2.45) is 11.8 Å². The fraction of sp³-hybridized carbons (Fsp3) is 0.476. The van der Waals surface area contributed by atoms with E-state index in [0.29, 0.717) is 17.0 Å². The Balaban J connectivity index is 1.53. The summed E-state index contributed by atoms with van der Waals surface area (Å²) in [4.78, 5) is 88.7. The molecule has 1 saturated heterocycles. The average molecular weight is 814 g/mol. The molecule has 17 heteroatoms. The number of benzene rings is 2. The van der Waals surface area contributed by atoms with E-state index in [2.05, 4.69) is 41.9 Å². The maximum atomic E-state index is 14.4. The van der Waals surface area contributed by atoms with Crippen LogP contribution in [0.15, 0.2) is 59.4 Å². The van der Waals surface area contributed by atoms with Crippen LogP contribution >= 0.6 is 0 Å². The number of fused-ring (bicyclic) bond motifs is 1. The molecule has 6 amide bonds. The molecule has 1 aliphatic heterocycles. The smallest absolute Gasteiger partial charge is 0.243 e. The topological polar surface area (TPSA) is 230 Å². The minimum Gasteiger partial charge on any atom is -0.497 e. The largest absolute Gasteiger partial charge is 0.497 e. The third kappa shape index (κ3) is 11.9. The van der Waals surface area contributed by atoms with E-state index in [4.69, 9.17) is 9.37 Å². The van der Waals surface area contributed by atoms with Crippen LogP contribution in [-0.2, 0) is 48.0 Å². The first-order chi connectivity index (χ1) is 28.1. The van der Waals surface area contributed by atoms with Crippen LogP contribution in [0.3, 0.4) is 0 Å². The number of carbonyl (C=O) groups excluding carboxylic acids is 6. The van der Waals surface area contributed by atoms with Gasteiger partial charge in [-0.25, -0.2) is 4.63 Å². The molecular weight excluding hydrogens is 759 g/mol. The first-order valence-electron chi connectivity index (χ1n) is 19.9. The maximum absolute atomic E-state index is 14.4. The molecule has 3 heterocycles. The molecular formula is C42H55N9O8. The van der Waals surface area contributed by atoms with Crippen LogP contribution in [0.2, 0.25) is 0 Å². The molecule has 0 bridgehead atoms. The van der Waals surface area contributed by atoms with Gasteiger partial charge in [0.2, 0.25) is 35.4 Å². The third-order valence-electron chi connectivity index (χ3n) is 10.4. The zero-order chi connectivity index (χ0) is 42.8. The summed E-state index contributed by atoms with van der Waals surface area (Å²) in [6.45, 7) is 10.1. The number of nitrogens with one attached hydrogen (secondary N) is 6. The van der Waals surface area contributed by atoms with Gasteiger partial charge in [0, 0.05) is 42.5 Å². The zero-order valence-corrected chi connectivity index (χ0v) is 34.6. The van der Waals surface area contributed by atoms with Gasteiger partial charge in [-0.3, -0.25) is 28.8 Å². The van der Waals surface area contributed by atoms with Gasteiger partial charge in [0.15, 0.2) is 0 Å². The Kier molecular flexibility index (Phi) is 14.8. The monoisotopic (exact) mass is 813 g/mol. The van der Waals surface area contributed by atoms with Crippen molar-refractivity contribution >= 4 is 46.3 Å². The minimum atomic E-state index is -1.19. The van der Waals surface area contributed by atoms with Crippen LogP contribution < -0.4 is 31.3 Å². The van der Waals surface area contributed by atoms with Gasteiger partial charge >= 0.3 is 0 Å². The Morgan fingerprint density at radius 1 is 0.831 bits per heavy atom. The van der Waals surface area contributed by atoms with Crippen molar-refractivity contribution in [3.63, 3.8) is 0 Å². The molecule has 59 heavy (non-hydrogen) atoms. The van der Waals surface area contributed by atoms with Crippen molar-refractivity contribution < 1.29 is 38.1 Å². The van der Waals surface area contributed by atoms with Crippen molar-refractivity contribution in [2.75, 3.05) is 20.2 Å². The number of nitrogens with zero attached hydrogens (tertiary/aromatic N) is 3. The molecule has 2 aromatic carbocycles.